The molecular formula is C20H20F4N2O3. The highest BCUT2D eigenvalue weighted by molar-refractivity contribution is 5.94. The van der Waals surface area contributed by atoms with E-state index in [0.29, 0.717) is 36.9 Å². The molecule has 0 bridgehead atoms. The van der Waals surface area contributed by atoms with Gasteiger partial charge in [-0.2, -0.15) is 13.2 Å². The van der Waals surface area contributed by atoms with Gasteiger partial charge < -0.3 is 15.6 Å². The van der Waals surface area contributed by atoms with E-state index in [9.17, 15) is 27.5 Å². The van der Waals surface area contributed by atoms with Gasteiger partial charge in [0, 0.05) is 25.2 Å². The first-order valence-electron chi connectivity index (χ1n) is 8.91. The minimum absolute atomic E-state index is 0.132. The molecule has 1 atom stereocenters. The van der Waals surface area contributed by atoms with Gasteiger partial charge in [0.15, 0.2) is 0 Å². The van der Waals surface area contributed by atoms with Crippen molar-refractivity contribution in [1.82, 2.24) is 4.90 Å². The highest BCUT2D eigenvalue weighted by Crippen LogP contribution is 2.31. The Morgan fingerprint density at radius 3 is 2.66 bits per heavy atom. The van der Waals surface area contributed by atoms with Gasteiger partial charge >= 0.3 is 6.18 Å². The van der Waals surface area contributed by atoms with Crippen LogP contribution in [-0.2, 0) is 24.1 Å². The summed E-state index contributed by atoms with van der Waals surface area (Å²) in [7, 11) is 0. The standard InChI is InChI=1S/C20H20F4N2O3/c21-16-6-12(5-15(8-16)20(22,23)24)9-26-3-4-29-18(10-26)13-1-2-17(19(25)28)14(7-13)11-27/h1-2,5-8,18,27H,3-4,9-11H2,(H2,25,28). The summed E-state index contributed by atoms with van der Waals surface area (Å²) < 4.78 is 58.1. The van der Waals surface area contributed by atoms with Crippen LogP contribution in [0.15, 0.2) is 36.4 Å². The van der Waals surface area contributed by atoms with Crippen LogP contribution in [0, 0.1) is 5.82 Å². The second-order valence-electron chi connectivity index (χ2n) is 6.88. The second kappa shape index (κ2) is 8.48. The van der Waals surface area contributed by atoms with Crippen molar-refractivity contribution in [3.05, 3.63) is 70.0 Å². The summed E-state index contributed by atoms with van der Waals surface area (Å²) in [5.41, 5.74) is 5.77. The number of nitrogens with two attached hydrogens (primary N) is 1. The number of hydrogen-bond acceptors (Lipinski definition) is 4. The molecular weight excluding hydrogens is 392 g/mol. The van der Waals surface area contributed by atoms with E-state index in [0.717, 1.165) is 12.1 Å². The molecule has 0 aromatic heterocycles. The van der Waals surface area contributed by atoms with E-state index in [1.54, 1.807) is 12.1 Å². The Labute approximate surface area is 164 Å². The third-order valence-corrected chi connectivity index (χ3v) is 4.78. The molecule has 1 fully saturated rings. The summed E-state index contributed by atoms with van der Waals surface area (Å²) in [6.45, 7) is 0.927. The topological polar surface area (TPSA) is 75.8 Å². The monoisotopic (exact) mass is 412 g/mol. The van der Waals surface area contributed by atoms with E-state index < -0.39 is 29.6 Å². The molecule has 1 aliphatic heterocycles. The van der Waals surface area contributed by atoms with E-state index in [-0.39, 0.29) is 24.3 Å². The Morgan fingerprint density at radius 1 is 1.24 bits per heavy atom. The highest BCUT2D eigenvalue weighted by atomic mass is 19.4. The fourth-order valence-corrected chi connectivity index (χ4v) is 3.40. The van der Waals surface area contributed by atoms with E-state index in [1.807, 2.05) is 4.90 Å². The van der Waals surface area contributed by atoms with Crippen molar-refractivity contribution in [3.8, 4) is 0 Å². The lowest BCUT2D eigenvalue weighted by molar-refractivity contribution is -0.137. The Hall–Kier alpha value is -2.49. The number of morpholine rings is 1. The summed E-state index contributed by atoms with van der Waals surface area (Å²) in [5, 5.41) is 9.47. The number of hydrogen-bond donors (Lipinski definition) is 2. The van der Waals surface area contributed by atoms with Crippen molar-refractivity contribution in [2.45, 2.75) is 25.4 Å². The van der Waals surface area contributed by atoms with Crippen LogP contribution in [0.4, 0.5) is 17.6 Å². The molecule has 0 radical (unpaired) electrons. The molecule has 5 nitrogen and oxygen atoms in total. The average molecular weight is 412 g/mol. The lowest BCUT2D eigenvalue weighted by Crippen LogP contribution is -2.38. The number of benzene rings is 2. The highest BCUT2D eigenvalue weighted by Gasteiger charge is 2.32. The second-order valence-corrected chi connectivity index (χ2v) is 6.88. The fourth-order valence-electron chi connectivity index (χ4n) is 3.40. The normalized spacial score (nSPS) is 18.0. The molecule has 2 aromatic rings. The number of amides is 1. The maximum absolute atomic E-state index is 13.6. The molecule has 1 aliphatic rings. The van der Waals surface area contributed by atoms with Gasteiger partial charge in [0.2, 0.25) is 5.91 Å². The summed E-state index contributed by atoms with van der Waals surface area (Å²) in [6.07, 6.45) is -5.03. The van der Waals surface area contributed by atoms with Crippen molar-refractivity contribution in [2.75, 3.05) is 19.7 Å². The van der Waals surface area contributed by atoms with Crippen molar-refractivity contribution in [1.29, 1.82) is 0 Å². The maximum atomic E-state index is 13.6. The number of halogens is 4. The largest absolute Gasteiger partial charge is 0.416 e. The van der Waals surface area contributed by atoms with Crippen LogP contribution in [0.1, 0.15) is 38.7 Å². The van der Waals surface area contributed by atoms with Gasteiger partial charge in [0.1, 0.15) is 5.82 Å². The smallest absolute Gasteiger partial charge is 0.392 e. The van der Waals surface area contributed by atoms with Crippen LogP contribution in [0.3, 0.4) is 0 Å². The predicted molar refractivity (Wildman–Crippen MR) is 96.3 cm³/mol. The maximum Gasteiger partial charge on any atom is 0.416 e. The van der Waals surface area contributed by atoms with Crippen LogP contribution in [0.5, 0.6) is 0 Å². The molecule has 0 spiro atoms. The molecule has 0 saturated carbocycles. The van der Waals surface area contributed by atoms with Crippen LogP contribution in [-0.4, -0.2) is 35.6 Å². The zero-order valence-corrected chi connectivity index (χ0v) is 15.4. The molecule has 1 unspecified atom stereocenters. The number of nitrogens with zero attached hydrogens (tertiary/aromatic N) is 1. The Kier molecular flexibility index (Phi) is 6.21. The number of carbonyl (C=O) groups is 1. The molecule has 156 valence electrons. The van der Waals surface area contributed by atoms with Gasteiger partial charge in [0.05, 0.1) is 24.9 Å². The van der Waals surface area contributed by atoms with E-state index in [4.69, 9.17) is 10.5 Å². The van der Waals surface area contributed by atoms with E-state index >= 15 is 0 Å². The molecule has 3 N–H and O–H groups in total. The van der Waals surface area contributed by atoms with Gasteiger partial charge in [-0.25, -0.2) is 4.39 Å². The molecule has 1 amide bonds. The number of ether oxygens (including phenoxy) is 1. The number of primary amides is 1. The van der Waals surface area contributed by atoms with Crippen LogP contribution in [0.2, 0.25) is 0 Å². The van der Waals surface area contributed by atoms with Gasteiger partial charge in [-0.1, -0.05) is 12.1 Å². The fraction of sp³-hybridized carbons (Fsp3) is 0.350. The Bertz CT molecular complexity index is 902. The number of aliphatic hydroxyl groups is 1. The number of aliphatic hydroxyl groups excluding tert-OH is 1. The van der Waals surface area contributed by atoms with E-state index in [1.165, 1.54) is 6.07 Å². The predicted octanol–water partition coefficient (Wildman–Crippen LogP) is 3.01. The van der Waals surface area contributed by atoms with Crippen molar-refractivity contribution in [2.24, 2.45) is 5.73 Å². The van der Waals surface area contributed by atoms with Gasteiger partial charge in [-0.15, -0.1) is 0 Å². The zero-order chi connectivity index (χ0) is 21.2. The average Bonchev–Trinajstić information content (AvgIpc) is 2.66. The van der Waals surface area contributed by atoms with Crippen LogP contribution >= 0.6 is 0 Å². The van der Waals surface area contributed by atoms with Gasteiger partial charge in [-0.3, -0.25) is 9.69 Å². The van der Waals surface area contributed by atoms with Crippen molar-refractivity contribution < 1.29 is 32.2 Å². The summed E-state index contributed by atoms with van der Waals surface area (Å²) in [4.78, 5) is 13.3. The molecule has 1 saturated heterocycles. The molecule has 3 rings (SSSR count). The first-order valence-corrected chi connectivity index (χ1v) is 8.91. The molecule has 0 aliphatic carbocycles. The van der Waals surface area contributed by atoms with Crippen molar-refractivity contribution >= 4 is 5.91 Å². The number of alkyl halides is 3. The molecule has 29 heavy (non-hydrogen) atoms. The number of carbonyl (C=O) groups excluding carboxylic acids is 1. The molecule has 9 heteroatoms. The summed E-state index contributed by atoms with van der Waals surface area (Å²) >= 11 is 0. The summed E-state index contributed by atoms with van der Waals surface area (Å²) in [6, 6.07) is 7.30. The van der Waals surface area contributed by atoms with Crippen LogP contribution in [0.25, 0.3) is 0 Å². The first-order chi connectivity index (χ1) is 13.7. The van der Waals surface area contributed by atoms with E-state index in [2.05, 4.69) is 0 Å². The SMILES string of the molecule is NC(=O)c1ccc(C2CN(Cc3cc(F)cc(C(F)(F)F)c3)CCO2)cc1CO. The minimum Gasteiger partial charge on any atom is -0.392 e. The third kappa shape index (κ3) is 5.11. The first kappa shape index (κ1) is 21.2. The molecule has 1 heterocycles. The van der Waals surface area contributed by atoms with Crippen LogP contribution < -0.4 is 5.73 Å². The zero-order valence-electron chi connectivity index (χ0n) is 15.4. The molecule has 2 aromatic carbocycles. The van der Waals surface area contributed by atoms with Gasteiger partial charge in [-0.05, 0) is 41.0 Å². The van der Waals surface area contributed by atoms with Crippen molar-refractivity contribution in [3.63, 3.8) is 0 Å². The number of rotatable bonds is 5. The lowest BCUT2D eigenvalue weighted by atomic mass is 9.99. The third-order valence-electron chi connectivity index (χ3n) is 4.78. The minimum atomic E-state index is -4.62. The summed E-state index contributed by atoms with van der Waals surface area (Å²) in [5.74, 6) is -1.59. The Balaban J connectivity index is 1.77. The lowest BCUT2D eigenvalue weighted by Gasteiger charge is -2.33. The quantitative estimate of drug-likeness (QED) is 0.741. The van der Waals surface area contributed by atoms with Gasteiger partial charge in [0.25, 0.3) is 0 Å². The Morgan fingerprint density at radius 2 is 2.00 bits per heavy atom.